The molecular weight excluding hydrogens is 797 g/mol. The summed E-state index contributed by atoms with van der Waals surface area (Å²) in [6, 6.07) is 9.92. The standard InChI is InChI=1S/C44H56N10O8/c1-25-26(2)32(34-24-46-40(48-34)36-12-18-52(4)54(36)42(56)38(50-44(59)60)30-15-21-62-22-16-30)10-9-31(25)27-5-7-28(8-6-27)33-23-45-39(47-33)35-11-17-51(3)53(35)41(55)37(49-43(57)58)29-13-19-61-20-14-29/h5-10,23-24,29-30,35-38,49-50H,11-22H2,1-4H3,(H,45,47)(H,46,48)(H,57,58)(H,59,60)/t35-,36-,37-,38-/m0/s1. The molecule has 2 aromatic carbocycles. The van der Waals surface area contributed by atoms with Gasteiger partial charge in [0.25, 0.3) is 11.8 Å². The number of aromatic nitrogens is 4. The summed E-state index contributed by atoms with van der Waals surface area (Å²) < 4.78 is 11.0. The van der Waals surface area contributed by atoms with E-state index in [9.17, 15) is 29.4 Å². The first-order chi connectivity index (χ1) is 29.9. The molecule has 0 unspecified atom stereocenters. The maximum atomic E-state index is 14.1. The van der Waals surface area contributed by atoms with Gasteiger partial charge in [0, 0.05) is 59.2 Å². The molecule has 4 aliphatic heterocycles. The molecule has 330 valence electrons. The molecule has 62 heavy (non-hydrogen) atoms. The highest BCUT2D eigenvalue weighted by atomic mass is 16.5. The lowest BCUT2D eigenvalue weighted by Crippen LogP contribution is -2.55. The first-order valence-corrected chi connectivity index (χ1v) is 21.4. The van der Waals surface area contributed by atoms with Crippen LogP contribution in [0.2, 0.25) is 0 Å². The summed E-state index contributed by atoms with van der Waals surface area (Å²) >= 11 is 0. The number of nitrogens with one attached hydrogen (secondary N) is 4. The van der Waals surface area contributed by atoms with Crippen LogP contribution in [-0.4, -0.2) is 140 Å². The van der Waals surface area contributed by atoms with Gasteiger partial charge >= 0.3 is 12.2 Å². The van der Waals surface area contributed by atoms with Crippen molar-refractivity contribution in [1.29, 1.82) is 0 Å². The van der Waals surface area contributed by atoms with Crippen LogP contribution in [-0.2, 0) is 19.1 Å². The summed E-state index contributed by atoms with van der Waals surface area (Å²) in [5, 5.41) is 31.2. The molecule has 18 nitrogen and oxygen atoms in total. The maximum Gasteiger partial charge on any atom is 0.405 e. The average molecular weight is 853 g/mol. The number of aromatic amines is 2. The fourth-order valence-corrected chi connectivity index (χ4v) is 9.66. The van der Waals surface area contributed by atoms with E-state index in [1.807, 2.05) is 36.2 Å². The Morgan fingerprint density at radius 2 is 1.05 bits per heavy atom. The number of rotatable bonds is 11. The van der Waals surface area contributed by atoms with Crippen molar-refractivity contribution >= 4 is 24.0 Å². The van der Waals surface area contributed by atoms with Crippen molar-refractivity contribution in [2.24, 2.45) is 11.8 Å². The summed E-state index contributed by atoms with van der Waals surface area (Å²) in [4.78, 5) is 68.0. The van der Waals surface area contributed by atoms with E-state index in [0.29, 0.717) is 89.7 Å². The molecule has 4 aliphatic rings. The summed E-state index contributed by atoms with van der Waals surface area (Å²) in [6.07, 6.45) is 4.83. The second kappa shape index (κ2) is 18.3. The van der Waals surface area contributed by atoms with Crippen molar-refractivity contribution in [2.45, 2.75) is 76.5 Å². The van der Waals surface area contributed by atoms with Crippen molar-refractivity contribution in [1.82, 2.24) is 50.6 Å². The molecule has 4 fully saturated rings. The van der Waals surface area contributed by atoms with Gasteiger partial charge < -0.3 is 40.3 Å². The van der Waals surface area contributed by atoms with Crippen LogP contribution in [0.15, 0.2) is 48.8 Å². The van der Waals surface area contributed by atoms with E-state index in [4.69, 9.17) is 19.4 Å². The van der Waals surface area contributed by atoms with Crippen molar-refractivity contribution in [3.05, 3.63) is 71.6 Å². The fourth-order valence-electron chi connectivity index (χ4n) is 9.66. The van der Waals surface area contributed by atoms with Crippen LogP contribution in [0, 0.1) is 25.7 Å². The Morgan fingerprint density at radius 1 is 0.629 bits per heavy atom. The number of hydrogen-bond acceptors (Lipinski definition) is 10. The molecule has 0 spiro atoms. The maximum absolute atomic E-state index is 14.1. The molecule has 6 N–H and O–H groups in total. The zero-order chi connectivity index (χ0) is 43.7. The van der Waals surface area contributed by atoms with E-state index in [-0.39, 0.29) is 35.7 Å². The van der Waals surface area contributed by atoms with Gasteiger partial charge in [0.1, 0.15) is 35.8 Å². The fraction of sp³-hybridized carbons (Fsp3) is 0.500. The van der Waals surface area contributed by atoms with Gasteiger partial charge in [-0.05, 0) is 92.0 Å². The molecule has 4 atom stereocenters. The monoisotopic (exact) mass is 852 g/mol. The van der Waals surface area contributed by atoms with Crippen LogP contribution in [0.25, 0.3) is 33.6 Å². The molecule has 0 aliphatic carbocycles. The third-order valence-corrected chi connectivity index (χ3v) is 13.2. The number of nitrogens with zero attached hydrogens (tertiary/aromatic N) is 6. The number of carbonyl (C=O) groups is 4. The number of carboxylic acid groups (broad SMARTS) is 2. The highest BCUT2D eigenvalue weighted by Crippen LogP contribution is 2.38. The van der Waals surface area contributed by atoms with Crippen LogP contribution < -0.4 is 10.6 Å². The first-order valence-electron chi connectivity index (χ1n) is 21.4. The molecule has 2 aromatic heterocycles. The van der Waals surface area contributed by atoms with Gasteiger partial charge in [0.2, 0.25) is 0 Å². The van der Waals surface area contributed by atoms with Gasteiger partial charge in [-0.3, -0.25) is 19.6 Å². The van der Waals surface area contributed by atoms with Gasteiger partial charge in [-0.2, -0.15) is 0 Å². The zero-order valence-electron chi connectivity index (χ0n) is 35.6. The Bertz CT molecular complexity index is 2270. The number of imidazole rings is 2. The van der Waals surface area contributed by atoms with E-state index in [1.54, 1.807) is 22.4 Å². The van der Waals surface area contributed by atoms with Crippen molar-refractivity contribution in [2.75, 3.05) is 53.6 Å². The van der Waals surface area contributed by atoms with Gasteiger partial charge in [-0.1, -0.05) is 36.4 Å². The van der Waals surface area contributed by atoms with E-state index in [2.05, 4.69) is 58.7 Å². The number of ether oxygens (including phenoxy) is 2. The summed E-state index contributed by atoms with van der Waals surface area (Å²) in [6.45, 7) is 7.40. The number of carbonyl (C=O) groups excluding carboxylic acids is 2. The zero-order valence-corrected chi connectivity index (χ0v) is 35.6. The third kappa shape index (κ3) is 8.64. The SMILES string of the molecule is Cc1c(-c2ccc(-c3cnc([C@@H]4CCN(C)N4C(=O)[C@@H](NC(=O)O)C4CCOCC4)[nH]3)cc2)ccc(-c2cnc([C@@H]3CCN(C)N3C(=O)[C@@H](NC(=O)O)C3CCOCC3)[nH]2)c1C. The smallest absolute Gasteiger partial charge is 0.405 e. The van der Waals surface area contributed by atoms with Crippen LogP contribution in [0.1, 0.15) is 73.4 Å². The Balaban J connectivity index is 0.968. The normalized spacial score (nSPS) is 21.5. The van der Waals surface area contributed by atoms with E-state index >= 15 is 0 Å². The Kier molecular flexibility index (Phi) is 12.6. The molecular formula is C44H56N10O8. The van der Waals surface area contributed by atoms with Gasteiger partial charge in [-0.15, -0.1) is 0 Å². The lowest BCUT2D eigenvalue weighted by atomic mass is 9.90. The van der Waals surface area contributed by atoms with Gasteiger partial charge in [0.15, 0.2) is 0 Å². The van der Waals surface area contributed by atoms with Crippen LogP contribution in [0.4, 0.5) is 9.59 Å². The summed E-state index contributed by atoms with van der Waals surface area (Å²) in [7, 11) is 3.68. The second-order valence-corrected chi connectivity index (χ2v) is 16.8. The molecule has 8 rings (SSSR count). The van der Waals surface area contributed by atoms with Crippen molar-refractivity contribution in [3.63, 3.8) is 0 Å². The van der Waals surface area contributed by atoms with Gasteiger partial charge in [-0.25, -0.2) is 29.6 Å². The van der Waals surface area contributed by atoms with E-state index in [1.165, 1.54) is 0 Å². The molecule has 4 amide bonds. The Labute approximate surface area is 359 Å². The minimum atomic E-state index is -1.23. The topological polar surface area (TPSA) is 222 Å². The van der Waals surface area contributed by atoms with Gasteiger partial charge in [0.05, 0.1) is 23.8 Å². The Hall–Kier alpha value is -5.82. The minimum absolute atomic E-state index is 0.156. The number of hydrogen-bond donors (Lipinski definition) is 6. The number of amides is 4. The third-order valence-electron chi connectivity index (χ3n) is 13.2. The number of benzene rings is 2. The van der Waals surface area contributed by atoms with Crippen molar-refractivity contribution < 1.29 is 38.9 Å². The molecule has 6 heterocycles. The van der Waals surface area contributed by atoms with Crippen LogP contribution in [0.5, 0.6) is 0 Å². The molecule has 4 saturated heterocycles. The van der Waals surface area contributed by atoms with Crippen LogP contribution >= 0.6 is 0 Å². The average Bonchev–Trinajstić information content (AvgIpc) is 4.10. The molecule has 0 radical (unpaired) electrons. The van der Waals surface area contributed by atoms with Crippen LogP contribution in [0.3, 0.4) is 0 Å². The highest BCUT2D eigenvalue weighted by molar-refractivity contribution is 5.87. The Morgan fingerprint density at radius 3 is 1.53 bits per heavy atom. The number of H-pyrrole nitrogens is 2. The predicted molar refractivity (Wildman–Crippen MR) is 227 cm³/mol. The summed E-state index contributed by atoms with van der Waals surface area (Å²) in [5.74, 6) is 0.394. The minimum Gasteiger partial charge on any atom is -0.465 e. The van der Waals surface area contributed by atoms with E-state index in [0.717, 1.165) is 44.8 Å². The van der Waals surface area contributed by atoms with Crippen molar-refractivity contribution in [3.8, 4) is 33.6 Å². The second-order valence-electron chi connectivity index (χ2n) is 16.8. The number of hydrazine groups is 2. The predicted octanol–water partition coefficient (Wildman–Crippen LogP) is 5.12. The molecule has 0 saturated carbocycles. The highest BCUT2D eigenvalue weighted by Gasteiger charge is 2.44. The molecule has 0 bridgehead atoms. The summed E-state index contributed by atoms with van der Waals surface area (Å²) in [5.41, 5.74) is 7.88. The van der Waals surface area contributed by atoms with E-state index < -0.39 is 24.3 Å². The molecule has 4 aromatic rings. The lowest BCUT2D eigenvalue weighted by Gasteiger charge is -2.36. The first kappa shape index (κ1) is 42.9. The molecule has 18 heteroatoms. The lowest BCUT2D eigenvalue weighted by molar-refractivity contribution is -0.151. The largest absolute Gasteiger partial charge is 0.465 e. The quantitative estimate of drug-likeness (QED) is 0.116.